The highest BCUT2D eigenvalue weighted by Gasteiger charge is 2.13. The maximum Gasteiger partial charge on any atom is 0.343 e. The number of thiazole rings is 1. The molecule has 3 rings (SSSR count). The van der Waals surface area contributed by atoms with Crippen LogP contribution in [0.25, 0.3) is 18.2 Å². The van der Waals surface area contributed by atoms with Gasteiger partial charge in [-0.05, 0) is 36.5 Å². The Balaban J connectivity index is 2.18. The third kappa shape index (κ3) is 2.99. The van der Waals surface area contributed by atoms with E-state index in [4.69, 9.17) is 21.7 Å². The summed E-state index contributed by atoms with van der Waals surface area (Å²) in [7, 11) is 0. The van der Waals surface area contributed by atoms with E-state index in [0.717, 1.165) is 15.9 Å². The second-order valence-corrected chi connectivity index (χ2v) is 6.54. The molecule has 0 fully saturated rings. The maximum absolute atomic E-state index is 12.0. The third-order valence-electron chi connectivity index (χ3n) is 3.21. The molecular formula is C15H9NO6S2. The van der Waals surface area contributed by atoms with Crippen molar-refractivity contribution in [3.05, 3.63) is 47.6 Å². The van der Waals surface area contributed by atoms with E-state index in [1.807, 2.05) is 0 Å². The molecule has 0 radical (unpaired) electrons. The molecule has 9 heteroatoms. The van der Waals surface area contributed by atoms with Crippen molar-refractivity contribution in [1.82, 2.24) is 4.57 Å². The number of carboxylic acid groups (broad SMARTS) is 1. The van der Waals surface area contributed by atoms with Crippen molar-refractivity contribution in [3.8, 4) is 5.88 Å². The van der Waals surface area contributed by atoms with E-state index in [9.17, 15) is 19.5 Å². The smallest absolute Gasteiger partial charge is 0.343 e. The van der Waals surface area contributed by atoms with Crippen LogP contribution in [0.2, 0.25) is 0 Å². The van der Waals surface area contributed by atoms with Crippen LogP contribution in [0.3, 0.4) is 0 Å². The quantitative estimate of drug-likeness (QED) is 0.751. The third-order valence-corrected chi connectivity index (χ3v) is 4.59. The van der Waals surface area contributed by atoms with E-state index >= 15 is 0 Å². The minimum absolute atomic E-state index is 0.148. The second kappa shape index (κ2) is 6.02. The van der Waals surface area contributed by atoms with Crippen LogP contribution >= 0.6 is 23.6 Å². The SMILES string of the molecule is O=C1C=Cc2c/c(=C/c3sc(=S)n(CC(=O)O)c3O)c(=O)oc2=C1. The van der Waals surface area contributed by atoms with Crippen LogP contribution in [0.5, 0.6) is 5.88 Å². The number of allylic oxidation sites excluding steroid dienone is 1. The van der Waals surface area contributed by atoms with Gasteiger partial charge in [-0.15, -0.1) is 11.3 Å². The van der Waals surface area contributed by atoms with Gasteiger partial charge in [0.2, 0.25) is 5.88 Å². The summed E-state index contributed by atoms with van der Waals surface area (Å²) in [6, 6.07) is 1.52. The summed E-state index contributed by atoms with van der Waals surface area (Å²) in [5, 5.41) is 19.1. The lowest BCUT2D eigenvalue weighted by molar-refractivity contribution is -0.137. The van der Waals surface area contributed by atoms with E-state index < -0.39 is 18.1 Å². The van der Waals surface area contributed by atoms with E-state index in [0.29, 0.717) is 5.56 Å². The predicted molar refractivity (Wildman–Crippen MR) is 88.7 cm³/mol. The molecule has 0 saturated carbocycles. The summed E-state index contributed by atoms with van der Waals surface area (Å²) in [6.45, 7) is -0.479. The Morgan fingerprint density at radius 2 is 2.12 bits per heavy atom. The highest BCUT2D eigenvalue weighted by atomic mass is 32.1. The Morgan fingerprint density at radius 3 is 2.83 bits per heavy atom. The monoisotopic (exact) mass is 363 g/mol. The highest BCUT2D eigenvalue weighted by molar-refractivity contribution is 7.73. The molecule has 7 nitrogen and oxygen atoms in total. The predicted octanol–water partition coefficient (Wildman–Crippen LogP) is 0.228. The van der Waals surface area contributed by atoms with Crippen LogP contribution in [0.1, 0.15) is 10.4 Å². The summed E-state index contributed by atoms with van der Waals surface area (Å²) in [4.78, 5) is 34.3. The first-order valence-electron chi connectivity index (χ1n) is 6.59. The van der Waals surface area contributed by atoms with Crippen LogP contribution in [0.15, 0.2) is 21.4 Å². The van der Waals surface area contributed by atoms with Crippen LogP contribution in [0.4, 0.5) is 0 Å². The Hall–Kier alpha value is -2.78. The fourth-order valence-electron chi connectivity index (χ4n) is 2.13. The number of carboxylic acids is 1. The first-order valence-corrected chi connectivity index (χ1v) is 7.81. The van der Waals surface area contributed by atoms with Gasteiger partial charge in [0.25, 0.3) is 0 Å². The minimum Gasteiger partial charge on any atom is -0.493 e. The number of nitrogens with zero attached hydrogens (tertiary/aromatic N) is 1. The lowest BCUT2D eigenvalue weighted by atomic mass is 10.1. The van der Waals surface area contributed by atoms with Crippen molar-refractivity contribution >= 4 is 53.5 Å². The van der Waals surface area contributed by atoms with Crippen LogP contribution in [-0.4, -0.2) is 26.5 Å². The number of aliphatic carboxylic acids is 1. The largest absolute Gasteiger partial charge is 0.493 e. The molecule has 0 unspecified atom stereocenters. The molecule has 1 aliphatic rings. The fraction of sp³-hybridized carbons (Fsp3) is 0.0667. The van der Waals surface area contributed by atoms with Gasteiger partial charge < -0.3 is 14.6 Å². The summed E-state index contributed by atoms with van der Waals surface area (Å²) in [5.41, 5.74) is 0.0371. The van der Waals surface area contributed by atoms with Gasteiger partial charge in [0, 0.05) is 11.6 Å². The molecule has 24 heavy (non-hydrogen) atoms. The van der Waals surface area contributed by atoms with Gasteiger partial charge in [0.05, 0.1) is 10.1 Å². The summed E-state index contributed by atoms with van der Waals surface area (Å²) >= 11 is 5.99. The lowest BCUT2D eigenvalue weighted by Crippen LogP contribution is -2.30. The van der Waals surface area contributed by atoms with Crippen molar-refractivity contribution in [2.45, 2.75) is 6.54 Å². The topological polar surface area (TPSA) is 110 Å². The molecule has 2 aromatic heterocycles. The molecule has 122 valence electrons. The zero-order valence-corrected chi connectivity index (χ0v) is 13.5. The van der Waals surface area contributed by atoms with Gasteiger partial charge in [0.1, 0.15) is 12.0 Å². The van der Waals surface area contributed by atoms with Gasteiger partial charge in [-0.25, -0.2) is 4.79 Å². The first kappa shape index (κ1) is 16.1. The molecule has 0 saturated heterocycles. The van der Waals surface area contributed by atoms with Crippen molar-refractivity contribution in [3.63, 3.8) is 0 Å². The number of hydrogen-bond acceptors (Lipinski definition) is 7. The van der Waals surface area contributed by atoms with E-state index in [2.05, 4.69) is 0 Å². The van der Waals surface area contributed by atoms with Gasteiger partial charge in [0.15, 0.2) is 9.74 Å². The Kier molecular flexibility index (Phi) is 4.04. The number of ketones is 1. The van der Waals surface area contributed by atoms with Crippen molar-refractivity contribution in [1.29, 1.82) is 0 Å². The number of aromatic hydroxyl groups is 1. The van der Waals surface area contributed by atoms with E-state index in [-0.39, 0.29) is 31.1 Å². The molecule has 1 aliphatic carbocycles. The van der Waals surface area contributed by atoms with Crippen molar-refractivity contribution in [2.75, 3.05) is 0 Å². The van der Waals surface area contributed by atoms with Crippen molar-refractivity contribution in [2.24, 2.45) is 0 Å². The molecule has 0 spiro atoms. The molecule has 0 atom stereocenters. The molecule has 0 amide bonds. The first-order chi connectivity index (χ1) is 11.3. The Labute approximate surface area is 142 Å². The lowest BCUT2D eigenvalue weighted by Gasteiger charge is -2.00. The average molecular weight is 363 g/mol. The zero-order valence-electron chi connectivity index (χ0n) is 11.9. The number of carbonyl (C=O) groups excluding carboxylic acids is 1. The van der Waals surface area contributed by atoms with Crippen molar-refractivity contribution < 1.29 is 24.2 Å². The van der Waals surface area contributed by atoms with Gasteiger partial charge in [-0.3, -0.25) is 14.2 Å². The number of fused-ring (bicyclic) bond motifs is 1. The molecule has 2 N–H and O–H groups in total. The van der Waals surface area contributed by atoms with Crippen LogP contribution in [-0.2, 0) is 16.1 Å². The number of aromatic nitrogens is 1. The molecule has 2 heterocycles. The number of rotatable bonds is 3. The average Bonchev–Trinajstić information content (AvgIpc) is 2.75. The highest BCUT2D eigenvalue weighted by Crippen LogP contribution is 2.26. The molecule has 0 aliphatic heterocycles. The minimum atomic E-state index is -1.15. The Morgan fingerprint density at radius 1 is 1.38 bits per heavy atom. The molecule has 2 aromatic rings. The zero-order chi connectivity index (χ0) is 17.4. The number of carbonyl (C=O) groups is 2. The number of hydrogen-bond donors (Lipinski definition) is 2. The standard InChI is InChI=1S/C15H9NO6S2/c17-9-2-1-7-3-8(14(21)22-10(7)5-9)4-11-13(20)16(6-12(18)19)15(23)24-11/h1-5,20H,6H2,(H,18,19)/b8-4-. The molecular weight excluding hydrogens is 354 g/mol. The maximum atomic E-state index is 12.0. The molecule has 0 aromatic carbocycles. The van der Waals surface area contributed by atoms with E-state index in [1.165, 1.54) is 30.4 Å². The Bertz CT molecular complexity index is 1130. The fourth-order valence-corrected chi connectivity index (χ4v) is 3.39. The summed E-state index contributed by atoms with van der Waals surface area (Å²) in [6.07, 6.45) is 5.45. The van der Waals surface area contributed by atoms with Crippen LogP contribution in [0, 0.1) is 3.95 Å². The summed E-state index contributed by atoms with van der Waals surface area (Å²) < 4.78 is 6.32. The van der Waals surface area contributed by atoms with Crippen LogP contribution < -0.4 is 16.3 Å². The molecule has 0 bridgehead atoms. The van der Waals surface area contributed by atoms with E-state index in [1.54, 1.807) is 0 Å². The van der Waals surface area contributed by atoms with Gasteiger partial charge in [-0.1, -0.05) is 0 Å². The normalized spacial score (nSPS) is 13.7. The van der Waals surface area contributed by atoms with Gasteiger partial charge >= 0.3 is 11.6 Å². The second-order valence-electron chi connectivity index (χ2n) is 4.87. The summed E-state index contributed by atoms with van der Waals surface area (Å²) in [5.74, 6) is -1.75. The van der Waals surface area contributed by atoms with Gasteiger partial charge in [-0.2, -0.15) is 0 Å².